The second kappa shape index (κ2) is 5.38. The van der Waals surface area contributed by atoms with Crippen LogP contribution >= 0.6 is 0 Å². The first kappa shape index (κ1) is 13.9. The molecule has 0 aliphatic carbocycles. The van der Waals surface area contributed by atoms with Gasteiger partial charge in [0.25, 0.3) is 0 Å². The molecular weight excluding hydrogens is 252 g/mol. The third-order valence-electron chi connectivity index (χ3n) is 4.43. The van der Waals surface area contributed by atoms with Crippen molar-refractivity contribution in [1.82, 2.24) is 0 Å². The first-order valence-corrected chi connectivity index (χ1v) is 7.66. The van der Waals surface area contributed by atoms with Crippen LogP contribution in [0.3, 0.4) is 0 Å². The number of ether oxygens (including phenoxy) is 2. The third kappa shape index (κ3) is 2.99. The molecule has 2 aliphatic rings. The average Bonchev–Trinajstić information content (AvgIpc) is 2.82. The fraction of sp³-hybridized carbons (Fsp3) is 0.647. The van der Waals surface area contributed by atoms with Crippen molar-refractivity contribution in [3.05, 3.63) is 29.3 Å². The lowest BCUT2D eigenvalue weighted by atomic mass is 9.83. The van der Waals surface area contributed by atoms with Crippen LogP contribution < -0.4 is 4.74 Å². The highest BCUT2D eigenvalue weighted by Gasteiger charge is 2.36. The van der Waals surface area contributed by atoms with Gasteiger partial charge >= 0.3 is 0 Å². The smallest absolute Gasteiger partial charge is 0.122 e. The van der Waals surface area contributed by atoms with Gasteiger partial charge in [0.05, 0.1) is 24.4 Å². The minimum Gasteiger partial charge on any atom is -0.493 e. The Balaban J connectivity index is 1.64. The van der Waals surface area contributed by atoms with E-state index >= 15 is 0 Å². The number of fused-ring (bicyclic) bond motifs is 1. The van der Waals surface area contributed by atoms with Gasteiger partial charge < -0.3 is 14.6 Å². The first-order valence-electron chi connectivity index (χ1n) is 7.66. The largest absolute Gasteiger partial charge is 0.493 e. The molecule has 1 fully saturated rings. The zero-order valence-electron chi connectivity index (χ0n) is 12.4. The van der Waals surface area contributed by atoms with E-state index in [1.165, 1.54) is 11.1 Å². The summed E-state index contributed by atoms with van der Waals surface area (Å²) in [6.07, 6.45) is 4.52. The van der Waals surface area contributed by atoms with Gasteiger partial charge in [-0.05, 0) is 43.9 Å². The summed E-state index contributed by atoms with van der Waals surface area (Å²) in [6, 6.07) is 6.43. The lowest BCUT2D eigenvalue weighted by Gasteiger charge is -2.39. The predicted molar refractivity (Wildman–Crippen MR) is 78.2 cm³/mol. The van der Waals surface area contributed by atoms with Crippen LogP contribution in [0.4, 0.5) is 0 Å². The third-order valence-corrected chi connectivity index (χ3v) is 4.43. The minimum absolute atomic E-state index is 0.150. The molecule has 0 radical (unpaired) electrons. The lowest BCUT2D eigenvalue weighted by molar-refractivity contribution is -0.134. The van der Waals surface area contributed by atoms with Gasteiger partial charge in [-0.25, -0.2) is 0 Å². The molecule has 1 aromatic rings. The molecule has 2 aliphatic heterocycles. The highest BCUT2D eigenvalue weighted by Crippen LogP contribution is 2.33. The van der Waals surface area contributed by atoms with Crippen LogP contribution in [0.1, 0.15) is 44.2 Å². The zero-order chi connectivity index (χ0) is 14.2. The van der Waals surface area contributed by atoms with Crippen molar-refractivity contribution in [2.75, 3.05) is 6.61 Å². The fourth-order valence-corrected chi connectivity index (χ4v) is 3.62. The van der Waals surface area contributed by atoms with Crippen LogP contribution in [-0.2, 0) is 17.6 Å². The molecule has 20 heavy (non-hydrogen) atoms. The number of hydrogen-bond donors (Lipinski definition) is 1. The van der Waals surface area contributed by atoms with E-state index in [4.69, 9.17) is 9.47 Å². The van der Waals surface area contributed by atoms with Crippen LogP contribution in [0.25, 0.3) is 0 Å². The summed E-state index contributed by atoms with van der Waals surface area (Å²) in [5.74, 6) is 1.03. The Bertz CT molecular complexity index is 473. The molecule has 3 nitrogen and oxygen atoms in total. The molecule has 2 atom stereocenters. The molecule has 3 rings (SSSR count). The Morgan fingerprint density at radius 1 is 1.25 bits per heavy atom. The molecule has 1 saturated heterocycles. The van der Waals surface area contributed by atoms with E-state index in [2.05, 4.69) is 18.2 Å². The highest BCUT2D eigenvalue weighted by molar-refractivity contribution is 5.39. The standard InChI is InChI=1S/C17H24O3/c1-12-10-17(18,11-13(2)20-12)7-5-14-3-4-16-15(9-14)6-8-19-16/h3-4,9,12-13,18H,5-8,10-11H2,1-2H3. The molecule has 0 spiro atoms. The van der Waals surface area contributed by atoms with Crippen LogP contribution in [0.15, 0.2) is 18.2 Å². The summed E-state index contributed by atoms with van der Waals surface area (Å²) in [7, 11) is 0. The summed E-state index contributed by atoms with van der Waals surface area (Å²) in [5.41, 5.74) is 2.03. The van der Waals surface area contributed by atoms with Crippen molar-refractivity contribution in [2.24, 2.45) is 0 Å². The van der Waals surface area contributed by atoms with Crippen molar-refractivity contribution < 1.29 is 14.6 Å². The van der Waals surface area contributed by atoms with Crippen molar-refractivity contribution in [2.45, 2.75) is 63.8 Å². The maximum absolute atomic E-state index is 10.8. The lowest BCUT2D eigenvalue weighted by Crippen LogP contribution is -2.43. The van der Waals surface area contributed by atoms with Crippen LogP contribution in [0, 0.1) is 0 Å². The predicted octanol–water partition coefficient (Wildman–Crippen LogP) is 2.87. The number of aliphatic hydroxyl groups is 1. The van der Waals surface area contributed by atoms with Gasteiger partial charge in [-0.3, -0.25) is 0 Å². The molecule has 0 amide bonds. The molecule has 0 bridgehead atoms. The van der Waals surface area contributed by atoms with Crippen LogP contribution in [0.5, 0.6) is 5.75 Å². The summed E-state index contributed by atoms with van der Waals surface area (Å²) in [5, 5.41) is 10.8. The summed E-state index contributed by atoms with van der Waals surface area (Å²) < 4.78 is 11.2. The zero-order valence-corrected chi connectivity index (χ0v) is 12.4. The molecule has 0 aromatic heterocycles. The number of benzene rings is 1. The Morgan fingerprint density at radius 3 is 2.75 bits per heavy atom. The monoisotopic (exact) mass is 276 g/mol. The van der Waals surface area contributed by atoms with E-state index in [-0.39, 0.29) is 12.2 Å². The average molecular weight is 276 g/mol. The van der Waals surface area contributed by atoms with Gasteiger partial charge in [0.2, 0.25) is 0 Å². The van der Waals surface area contributed by atoms with E-state index in [0.29, 0.717) is 0 Å². The van der Waals surface area contributed by atoms with E-state index in [1.54, 1.807) is 0 Å². The summed E-state index contributed by atoms with van der Waals surface area (Å²) in [4.78, 5) is 0. The summed E-state index contributed by atoms with van der Waals surface area (Å²) in [6.45, 7) is 4.90. The number of hydrogen-bond acceptors (Lipinski definition) is 3. The van der Waals surface area contributed by atoms with Gasteiger partial charge in [-0.1, -0.05) is 12.1 Å². The maximum Gasteiger partial charge on any atom is 0.122 e. The second-order valence-corrected chi connectivity index (χ2v) is 6.43. The molecule has 2 heterocycles. The summed E-state index contributed by atoms with van der Waals surface area (Å²) >= 11 is 0. The normalized spacial score (nSPS) is 32.8. The Kier molecular flexibility index (Phi) is 3.74. The van der Waals surface area contributed by atoms with Crippen molar-refractivity contribution in [3.8, 4) is 5.75 Å². The van der Waals surface area contributed by atoms with E-state index in [0.717, 1.165) is 44.5 Å². The van der Waals surface area contributed by atoms with Crippen molar-refractivity contribution in [3.63, 3.8) is 0 Å². The van der Waals surface area contributed by atoms with E-state index in [1.807, 2.05) is 13.8 Å². The molecule has 2 unspecified atom stereocenters. The highest BCUT2D eigenvalue weighted by atomic mass is 16.5. The van der Waals surface area contributed by atoms with E-state index < -0.39 is 5.60 Å². The maximum atomic E-state index is 10.8. The number of aryl methyl sites for hydroxylation is 1. The second-order valence-electron chi connectivity index (χ2n) is 6.43. The molecule has 110 valence electrons. The Morgan fingerprint density at radius 2 is 2.00 bits per heavy atom. The molecule has 0 saturated carbocycles. The topological polar surface area (TPSA) is 38.7 Å². The van der Waals surface area contributed by atoms with Crippen LogP contribution in [-0.4, -0.2) is 29.5 Å². The molecule has 1 N–H and O–H groups in total. The van der Waals surface area contributed by atoms with E-state index in [9.17, 15) is 5.11 Å². The van der Waals surface area contributed by atoms with Gasteiger partial charge in [-0.2, -0.15) is 0 Å². The molecular formula is C17H24O3. The van der Waals surface area contributed by atoms with Crippen molar-refractivity contribution in [1.29, 1.82) is 0 Å². The van der Waals surface area contributed by atoms with Crippen molar-refractivity contribution >= 4 is 0 Å². The Labute approximate surface area is 120 Å². The van der Waals surface area contributed by atoms with Gasteiger partial charge in [0.15, 0.2) is 0 Å². The first-order chi connectivity index (χ1) is 9.54. The molecule has 3 heteroatoms. The van der Waals surface area contributed by atoms with Gasteiger partial charge in [-0.15, -0.1) is 0 Å². The van der Waals surface area contributed by atoms with Gasteiger partial charge in [0.1, 0.15) is 5.75 Å². The quantitative estimate of drug-likeness (QED) is 0.922. The SMILES string of the molecule is CC1CC(O)(CCc2ccc3c(c2)CCO3)CC(C)O1. The van der Waals surface area contributed by atoms with Crippen LogP contribution in [0.2, 0.25) is 0 Å². The fourth-order valence-electron chi connectivity index (χ4n) is 3.62. The minimum atomic E-state index is -0.577. The number of rotatable bonds is 3. The Hall–Kier alpha value is -1.06. The van der Waals surface area contributed by atoms with Gasteiger partial charge in [0, 0.05) is 19.3 Å². The molecule has 1 aromatic carbocycles.